The number of amides is 1. The van der Waals surface area contributed by atoms with Crippen molar-refractivity contribution in [1.29, 1.82) is 0 Å². The average molecular weight is 465 g/mol. The van der Waals surface area contributed by atoms with E-state index in [1.165, 1.54) is 33.5 Å². The van der Waals surface area contributed by atoms with E-state index in [0.29, 0.717) is 0 Å². The highest BCUT2D eigenvalue weighted by Gasteiger charge is 2.37. The van der Waals surface area contributed by atoms with E-state index in [0.717, 1.165) is 0 Å². The average Bonchev–Trinajstić information content (AvgIpc) is 2.71. The van der Waals surface area contributed by atoms with Crippen molar-refractivity contribution in [3.05, 3.63) is 52.6 Å². The quantitative estimate of drug-likeness (QED) is 0.469. The number of anilines is 1. The van der Waals surface area contributed by atoms with Gasteiger partial charge in [0.2, 0.25) is 0 Å². The van der Waals surface area contributed by atoms with E-state index in [1.807, 2.05) is 0 Å². The zero-order valence-electron chi connectivity index (χ0n) is 16.9. The zero-order chi connectivity index (χ0) is 24.3. The molecule has 0 aliphatic rings. The van der Waals surface area contributed by atoms with Gasteiger partial charge in [-0.25, -0.2) is 0 Å². The minimum absolute atomic E-state index is 0.0540. The monoisotopic (exact) mass is 465 g/mol. The third-order valence-electron chi connectivity index (χ3n) is 4.18. The molecule has 0 atom stereocenters. The Balaban J connectivity index is 2.60. The van der Waals surface area contributed by atoms with Gasteiger partial charge in [0.15, 0.2) is 5.78 Å². The number of rotatable bonds is 7. The fraction of sp³-hybridized carbons (Fsp3) is 0.300. The van der Waals surface area contributed by atoms with Crippen LogP contribution in [0.1, 0.15) is 31.8 Å². The maximum Gasteiger partial charge on any atom is 0.416 e. The number of benzene rings is 2. The summed E-state index contributed by atoms with van der Waals surface area (Å²) in [7, 11) is 3.71. The molecule has 32 heavy (non-hydrogen) atoms. The van der Waals surface area contributed by atoms with E-state index >= 15 is 0 Å². The minimum Gasteiger partial charge on any atom is -0.497 e. The summed E-state index contributed by atoms with van der Waals surface area (Å²) in [5, 5.41) is 2.16. The molecular formula is C20H17F6NO5. The second kappa shape index (κ2) is 9.47. The van der Waals surface area contributed by atoms with Crippen LogP contribution in [0, 0.1) is 0 Å². The highest BCUT2D eigenvalue weighted by molar-refractivity contribution is 6.11. The molecule has 12 heteroatoms. The second-order valence-electron chi connectivity index (χ2n) is 6.36. The van der Waals surface area contributed by atoms with Gasteiger partial charge in [-0.1, -0.05) is 0 Å². The number of ketones is 1. The molecule has 0 unspecified atom stereocenters. The van der Waals surface area contributed by atoms with Gasteiger partial charge in [0.05, 0.1) is 36.6 Å². The van der Waals surface area contributed by atoms with Crippen LogP contribution in [0.15, 0.2) is 30.3 Å². The lowest BCUT2D eigenvalue weighted by molar-refractivity contribution is -0.143. The van der Waals surface area contributed by atoms with Crippen molar-refractivity contribution in [1.82, 2.24) is 0 Å². The highest BCUT2D eigenvalue weighted by atomic mass is 19.4. The van der Waals surface area contributed by atoms with Crippen LogP contribution in [0.2, 0.25) is 0 Å². The second-order valence-corrected chi connectivity index (χ2v) is 6.36. The number of carbonyl (C=O) groups excluding carboxylic acids is 2. The largest absolute Gasteiger partial charge is 0.497 e. The lowest BCUT2D eigenvalue weighted by atomic mass is 10.0. The number of alkyl halides is 6. The summed E-state index contributed by atoms with van der Waals surface area (Å²) in [5.41, 5.74) is -4.68. The van der Waals surface area contributed by atoms with Crippen LogP contribution in [-0.4, -0.2) is 39.6 Å². The van der Waals surface area contributed by atoms with Crippen LogP contribution in [0.3, 0.4) is 0 Å². The van der Waals surface area contributed by atoms with E-state index in [4.69, 9.17) is 14.2 Å². The zero-order valence-corrected chi connectivity index (χ0v) is 16.9. The number of methoxy groups -OCH3 is 3. The Morgan fingerprint density at radius 1 is 0.844 bits per heavy atom. The predicted molar refractivity (Wildman–Crippen MR) is 100 cm³/mol. The number of Topliss-reactive ketones (excluding diaryl/α,β-unsaturated/α-hetero) is 1. The summed E-state index contributed by atoms with van der Waals surface area (Å²) in [4.78, 5) is 25.1. The van der Waals surface area contributed by atoms with Crippen molar-refractivity contribution >= 4 is 17.4 Å². The number of carbonyl (C=O) groups is 2. The van der Waals surface area contributed by atoms with Gasteiger partial charge in [0, 0.05) is 24.8 Å². The van der Waals surface area contributed by atoms with Crippen molar-refractivity contribution in [2.45, 2.75) is 12.4 Å². The van der Waals surface area contributed by atoms with Crippen LogP contribution in [-0.2, 0) is 17.1 Å². The topological polar surface area (TPSA) is 73.9 Å². The van der Waals surface area contributed by atoms with Gasteiger partial charge < -0.3 is 19.5 Å². The van der Waals surface area contributed by atoms with Gasteiger partial charge in [0.25, 0.3) is 5.91 Å². The molecule has 0 radical (unpaired) electrons. The molecule has 0 aliphatic carbocycles. The van der Waals surface area contributed by atoms with E-state index in [2.05, 4.69) is 5.32 Å². The van der Waals surface area contributed by atoms with Crippen molar-refractivity contribution in [2.24, 2.45) is 0 Å². The third kappa shape index (κ3) is 5.69. The fourth-order valence-electron chi connectivity index (χ4n) is 2.74. The Bertz CT molecular complexity index is 985. The van der Waals surface area contributed by atoms with E-state index < -0.39 is 47.3 Å². The van der Waals surface area contributed by atoms with Gasteiger partial charge >= 0.3 is 12.4 Å². The molecule has 2 rings (SSSR count). The first-order valence-electron chi connectivity index (χ1n) is 8.70. The normalized spacial score (nSPS) is 11.8. The molecular weight excluding hydrogens is 448 g/mol. The van der Waals surface area contributed by atoms with E-state index in [-0.39, 0.29) is 40.9 Å². The first-order chi connectivity index (χ1) is 14.8. The molecule has 0 fully saturated rings. The molecule has 0 saturated heterocycles. The summed E-state index contributed by atoms with van der Waals surface area (Å²) in [6.07, 6.45) is -10.3. The summed E-state index contributed by atoms with van der Waals surface area (Å²) < 4.78 is 93.4. The van der Waals surface area contributed by atoms with Crippen molar-refractivity contribution in [3.63, 3.8) is 0 Å². The smallest absolute Gasteiger partial charge is 0.416 e. The number of halogens is 6. The van der Waals surface area contributed by atoms with Gasteiger partial charge in [-0.05, 0) is 18.2 Å². The van der Waals surface area contributed by atoms with Crippen LogP contribution in [0.4, 0.5) is 32.0 Å². The molecule has 2 aromatic carbocycles. The van der Waals surface area contributed by atoms with Gasteiger partial charge in [-0.15, -0.1) is 0 Å². The van der Waals surface area contributed by atoms with Crippen molar-refractivity contribution in [3.8, 4) is 11.5 Å². The summed E-state index contributed by atoms with van der Waals surface area (Å²) in [5.74, 6) is -1.93. The number of ether oxygens (including phenoxy) is 3. The van der Waals surface area contributed by atoms with Crippen LogP contribution in [0.25, 0.3) is 0 Å². The van der Waals surface area contributed by atoms with Gasteiger partial charge in [-0.2, -0.15) is 26.3 Å². The molecule has 1 amide bonds. The third-order valence-corrected chi connectivity index (χ3v) is 4.18. The summed E-state index contributed by atoms with van der Waals surface area (Å²) >= 11 is 0. The van der Waals surface area contributed by atoms with Crippen molar-refractivity contribution < 1.29 is 50.1 Å². The van der Waals surface area contributed by atoms with Gasteiger partial charge in [-0.3, -0.25) is 9.59 Å². The Hall–Kier alpha value is -3.28. The van der Waals surface area contributed by atoms with Crippen molar-refractivity contribution in [2.75, 3.05) is 33.3 Å². The standard InChI is InChI=1S/C20H17F6NO5/c1-30-9-15(28)17-14(7-13(31-2)8-16(17)32-3)27-18(29)10-4-11(19(21,22)23)6-12(5-10)20(24,25)26/h4-8H,9H2,1-3H3,(H,27,29). The maximum atomic E-state index is 13.1. The molecule has 2 aromatic rings. The Kier molecular flexibility index (Phi) is 7.39. The molecule has 0 heterocycles. The van der Waals surface area contributed by atoms with E-state index in [1.54, 1.807) is 0 Å². The summed E-state index contributed by atoms with van der Waals surface area (Å²) in [6.45, 7) is -0.437. The SMILES string of the molecule is COCC(=O)c1c(NC(=O)c2cc(C(F)(F)F)cc(C(F)(F)F)c2)cc(OC)cc1OC. The molecule has 6 nitrogen and oxygen atoms in total. The lowest BCUT2D eigenvalue weighted by Gasteiger charge is -2.17. The molecule has 1 N–H and O–H groups in total. The molecule has 0 bridgehead atoms. The highest BCUT2D eigenvalue weighted by Crippen LogP contribution is 2.37. The van der Waals surface area contributed by atoms with Crippen LogP contribution >= 0.6 is 0 Å². The Morgan fingerprint density at radius 2 is 1.41 bits per heavy atom. The Morgan fingerprint density at radius 3 is 1.84 bits per heavy atom. The maximum absolute atomic E-state index is 13.1. The lowest BCUT2D eigenvalue weighted by Crippen LogP contribution is -2.19. The molecule has 174 valence electrons. The number of nitrogens with one attached hydrogen (secondary N) is 1. The first-order valence-corrected chi connectivity index (χ1v) is 8.70. The molecule has 0 aromatic heterocycles. The number of hydrogen-bond acceptors (Lipinski definition) is 5. The minimum atomic E-state index is -5.13. The molecule has 0 spiro atoms. The fourth-order valence-corrected chi connectivity index (χ4v) is 2.74. The molecule has 0 aliphatic heterocycles. The van der Waals surface area contributed by atoms with E-state index in [9.17, 15) is 35.9 Å². The predicted octanol–water partition coefficient (Wildman–Crippen LogP) is 4.82. The van der Waals surface area contributed by atoms with Crippen LogP contribution < -0.4 is 14.8 Å². The Labute approximate surface area is 178 Å². The molecule has 0 saturated carbocycles. The number of hydrogen-bond donors (Lipinski definition) is 1. The summed E-state index contributed by atoms with van der Waals surface area (Å²) in [6, 6.07) is 2.93. The first kappa shape index (κ1) is 25.0. The van der Waals surface area contributed by atoms with Gasteiger partial charge in [0.1, 0.15) is 18.1 Å². The van der Waals surface area contributed by atoms with Crippen LogP contribution in [0.5, 0.6) is 11.5 Å².